The summed E-state index contributed by atoms with van der Waals surface area (Å²) in [6.07, 6.45) is -0.618. The first kappa shape index (κ1) is 32.5. The van der Waals surface area contributed by atoms with Gasteiger partial charge in [0.25, 0.3) is 11.5 Å². The molecule has 16 nitrogen and oxygen atoms in total. The molecule has 1 saturated heterocycles. The second kappa shape index (κ2) is 13.0. The second-order valence-electron chi connectivity index (χ2n) is 12.7. The summed E-state index contributed by atoms with van der Waals surface area (Å²) in [5.74, 6) is 0.532. The van der Waals surface area contributed by atoms with E-state index in [0.717, 1.165) is 5.39 Å². The third kappa shape index (κ3) is 6.82. The summed E-state index contributed by atoms with van der Waals surface area (Å²) in [4.78, 5) is 76.1. The summed E-state index contributed by atoms with van der Waals surface area (Å²) in [6, 6.07) is 9.13. The number of amides is 4. The first-order valence-electron chi connectivity index (χ1n) is 15.6. The van der Waals surface area contributed by atoms with Crippen molar-refractivity contribution in [1.29, 1.82) is 0 Å². The number of carbonyl (C=O) groups is 4. The minimum atomic E-state index is -0.751. The minimum Gasteiger partial charge on any atom is -0.481 e. The van der Waals surface area contributed by atoms with Crippen molar-refractivity contribution in [3.63, 3.8) is 0 Å². The number of nitrogens with one attached hydrogen (secondary N) is 2. The average molecular weight is 664 g/mol. The molecule has 3 aromatic heterocycles. The monoisotopic (exact) mass is 663 g/mol. The molecule has 2 N–H and O–H groups in total. The van der Waals surface area contributed by atoms with E-state index in [1.165, 1.54) is 22.6 Å². The highest BCUT2D eigenvalue weighted by Crippen LogP contribution is 2.38. The summed E-state index contributed by atoms with van der Waals surface area (Å²) in [5.41, 5.74) is -0.645. The fraction of sp³-hybridized carbons (Fsp3) is 0.469. The van der Waals surface area contributed by atoms with Crippen molar-refractivity contribution in [3.05, 3.63) is 46.8 Å². The Kier molecular flexibility index (Phi) is 8.81. The molecule has 0 radical (unpaired) electrons. The first-order chi connectivity index (χ1) is 22.9. The Labute approximate surface area is 275 Å². The zero-order valence-corrected chi connectivity index (χ0v) is 27.1. The van der Waals surface area contributed by atoms with E-state index in [0.29, 0.717) is 42.4 Å². The molecule has 5 heterocycles. The molecule has 0 aromatic carbocycles. The standard InChI is InChI=1S/C32H37N7O9/c1-32(2,3)48-30(43)33-16-27(42)37(13-14-38-26(41)12-6-18-5-11-25(45-4)36-29(18)38)19-7-8-20-22(15-19)47-31(44)39(20)23-10-9-21-28(34-23)35-24(40)17-46-21/h5-6,9-12,19-20,22H,7-8,13-17H2,1-4H3,(H,33,43)(H,34,35,40)/t19-,20-,22-/m0/s1. The van der Waals surface area contributed by atoms with Gasteiger partial charge in [0.2, 0.25) is 11.8 Å². The molecule has 48 heavy (non-hydrogen) atoms. The van der Waals surface area contributed by atoms with Gasteiger partial charge in [-0.05, 0) is 57.9 Å². The summed E-state index contributed by atoms with van der Waals surface area (Å²) in [7, 11) is 1.48. The van der Waals surface area contributed by atoms with Gasteiger partial charge in [0, 0.05) is 43.1 Å². The smallest absolute Gasteiger partial charge is 0.416 e. The van der Waals surface area contributed by atoms with Crippen molar-refractivity contribution in [2.45, 2.75) is 70.4 Å². The van der Waals surface area contributed by atoms with Gasteiger partial charge in [0.05, 0.1) is 13.2 Å². The predicted molar refractivity (Wildman–Crippen MR) is 171 cm³/mol. The number of pyridine rings is 3. The lowest BCUT2D eigenvalue weighted by molar-refractivity contribution is -0.134. The topological polar surface area (TPSA) is 184 Å². The van der Waals surface area contributed by atoms with Gasteiger partial charge in [-0.15, -0.1) is 0 Å². The van der Waals surface area contributed by atoms with Crippen molar-refractivity contribution >= 4 is 46.7 Å². The summed E-state index contributed by atoms with van der Waals surface area (Å²) >= 11 is 0. The quantitative estimate of drug-likeness (QED) is 0.361. The molecule has 0 bridgehead atoms. The van der Waals surface area contributed by atoms with Crippen LogP contribution in [0.25, 0.3) is 11.0 Å². The lowest BCUT2D eigenvalue weighted by atomic mass is 9.87. The molecular formula is C32H37N7O9. The van der Waals surface area contributed by atoms with E-state index >= 15 is 0 Å². The molecule has 254 valence electrons. The molecule has 2 fully saturated rings. The van der Waals surface area contributed by atoms with E-state index in [2.05, 4.69) is 20.6 Å². The lowest BCUT2D eigenvalue weighted by Crippen LogP contribution is -2.52. The number of alkyl carbamates (subject to hydrolysis) is 1. The number of methoxy groups -OCH3 is 1. The highest BCUT2D eigenvalue weighted by molar-refractivity contribution is 5.95. The number of fused-ring (bicyclic) bond motifs is 3. The Bertz CT molecular complexity index is 1820. The van der Waals surface area contributed by atoms with Crippen LogP contribution in [0, 0.1) is 0 Å². The molecular weight excluding hydrogens is 626 g/mol. The predicted octanol–water partition coefficient (Wildman–Crippen LogP) is 2.43. The maximum atomic E-state index is 13.7. The van der Waals surface area contributed by atoms with Gasteiger partial charge in [-0.3, -0.25) is 23.9 Å². The lowest BCUT2D eigenvalue weighted by Gasteiger charge is -2.39. The highest BCUT2D eigenvalue weighted by Gasteiger charge is 2.48. The first-order valence-corrected chi connectivity index (χ1v) is 15.6. The molecule has 6 rings (SSSR count). The van der Waals surface area contributed by atoms with Crippen LogP contribution in [0.2, 0.25) is 0 Å². The molecule has 0 unspecified atom stereocenters. The third-order valence-corrected chi connectivity index (χ3v) is 8.34. The van der Waals surface area contributed by atoms with Gasteiger partial charge in [-0.2, -0.15) is 4.98 Å². The van der Waals surface area contributed by atoms with Crippen LogP contribution in [0.3, 0.4) is 0 Å². The number of aromatic nitrogens is 3. The Morgan fingerprint density at radius 2 is 1.88 bits per heavy atom. The molecule has 3 aromatic rings. The number of hydrogen-bond acceptors (Lipinski definition) is 11. The molecule has 4 amide bonds. The van der Waals surface area contributed by atoms with E-state index in [4.69, 9.17) is 18.9 Å². The van der Waals surface area contributed by atoms with Gasteiger partial charge in [0.15, 0.2) is 18.2 Å². The number of hydrogen-bond donors (Lipinski definition) is 2. The van der Waals surface area contributed by atoms with Crippen LogP contribution in [0.5, 0.6) is 11.6 Å². The fourth-order valence-corrected chi connectivity index (χ4v) is 6.23. The molecule has 0 spiro atoms. The van der Waals surface area contributed by atoms with Crippen LogP contribution in [0.4, 0.5) is 21.2 Å². The second-order valence-corrected chi connectivity index (χ2v) is 12.7. The summed E-state index contributed by atoms with van der Waals surface area (Å²) in [6.45, 7) is 4.93. The molecule has 16 heteroatoms. The normalized spacial score (nSPS) is 20.2. The summed E-state index contributed by atoms with van der Waals surface area (Å²) in [5, 5.41) is 5.91. The largest absolute Gasteiger partial charge is 0.481 e. The van der Waals surface area contributed by atoms with Crippen LogP contribution in [0.15, 0.2) is 41.2 Å². The Morgan fingerprint density at radius 1 is 1.08 bits per heavy atom. The van der Waals surface area contributed by atoms with Crippen LogP contribution in [-0.2, 0) is 25.6 Å². The number of ether oxygens (including phenoxy) is 4. The Morgan fingerprint density at radius 3 is 2.65 bits per heavy atom. The zero-order chi connectivity index (χ0) is 34.2. The van der Waals surface area contributed by atoms with Crippen molar-refractivity contribution in [2.24, 2.45) is 0 Å². The molecule has 1 aliphatic carbocycles. The number of anilines is 2. The van der Waals surface area contributed by atoms with E-state index in [1.807, 2.05) is 0 Å². The highest BCUT2D eigenvalue weighted by atomic mass is 16.6. The SMILES string of the molecule is COc1ccc2ccc(=O)n(CCN(C(=O)CNC(=O)OC(C)(C)C)[C@H]3CC[C@H]4[C@H](C3)OC(=O)N4c3ccc4c(n3)NC(=O)CO4)c2n1. The maximum Gasteiger partial charge on any atom is 0.416 e. The van der Waals surface area contributed by atoms with Gasteiger partial charge >= 0.3 is 12.2 Å². The van der Waals surface area contributed by atoms with Crippen LogP contribution >= 0.6 is 0 Å². The van der Waals surface area contributed by atoms with Gasteiger partial charge in [-0.25, -0.2) is 14.6 Å². The van der Waals surface area contributed by atoms with Crippen molar-refractivity contribution in [2.75, 3.05) is 37.0 Å². The van der Waals surface area contributed by atoms with Gasteiger partial charge < -0.3 is 34.5 Å². The van der Waals surface area contributed by atoms with E-state index in [-0.39, 0.29) is 55.6 Å². The van der Waals surface area contributed by atoms with Crippen LogP contribution < -0.4 is 30.6 Å². The van der Waals surface area contributed by atoms with Gasteiger partial charge in [-0.1, -0.05) is 0 Å². The molecule has 2 aliphatic heterocycles. The fourth-order valence-electron chi connectivity index (χ4n) is 6.23. The van der Waals surface area contributed by atoms with E-state index < -0.39 is 29.8 Å². The molecule has 1 saturated carbocycles. The van der Waals surface area contributed by atoms with Crippen LogP contribution in [-0.4, -0.2) is 94.0 Å². The van der Waals surface area contributed by atoms with Crippen molar-refractivity contribution < 1.29 is 38.1 Å². The number of carbonyl (C=O) groups excluding carboxylic acids is 4. The Hall–Kier alpha value is -5.41. The minimum absolute atomic E-state index is 0.109. The van der Waals surface area contributed by atoms with Crippen LogP contribution in [0.1, 0.15) is 40.0 Å². The van der Waals surface area contributed by atoms with Crippen molar-refractivity contribution in [1.82, 2.24) is 24.8 Å². The summed E-state index contributed by atoms with van der Waals surface area (Å²) < 4.78 is 23.2. The Balaban J connectivity index is 1.22. The molecule has 3 atom stereocenters. The third-order valence-electron chi connectivity index (χ3n) is 8.34. The number of nitrogens with zero attached hydrogens (tertiary/aromatic N) is 5. The van der Waals surface area contributed by atoms with E-state index in [1.54, 1.807) is 56.0 Å². The average Bonchev–Trinajstić information content (AvgIpc) is 3.38. The number of rotatable bonds is 8. The van der Waals surface area contributed by atoms with E-state index in [9.17, 15) is 24.0 Å². The maximum absolute atomic E-state index is 13.7. The zero-order valence-electron chi connectivity index (χ0n) is 27.1. The van der Waals surface area contributed by atoms with Gasteiger partial charge in [0.1, 0.15) is 29.7 Å². The molecule has 3 aliphatic rings. The van der Waals surface area contributed by atoms with Crippen molar-refractivity contribution in [3.8, 4) is 11.6 Å².